The van der Waals surface area contributed by atoms with E-state index in [1.807, 2.05) is 0 Å². The highest BCUT2D eigenvalue weighted by atomic mass is 14.4. The average Bonchev–Trinajstić information content (AvgIpc) is 2.38. The van der Waals surface area contributed by atoms with Gasteiger partial charge in [0.15, 0.2) is 0 Å². The lowest BCUT2D eigenvalue weighted by molar-refractivity contribution is 0.0992. The lowest BCUT2D eigenvalue weighted by atomic mass is 9.60. The Kier molecular flexibility index (Phi) is 2.91. The van der Waals surface area contributed by atoms with Crippen molar-refractivity contribution in [2.75, 3.05) is 0 Å². The zero-order valence-electron chi connectivity index (χ0n) is 10.5. The maximum atomic E-state index is 2.63. The molecule has 3 aliphatic rings. The van der Waals surface area contributed by atoms with Crippen LogP contribution in [0.15, 0.2) is 23.8 Å². The van der Waals surface area contributed by atoms with E-state index >= 15 is 0 Å². The molecule has 88 valence electrons. The molecule has 16 heavy (non-hydrogen) atoms. The number of hydrogen-bond donors (Lipinski definition) is 0. The van der Waals surface area contributed by atoms with Crippen LogP contribution in [0, 0.1) is 23.7 Å². The largest absolute Gasteiger partial charge is 0.0806 e. The topological polar surface area (TPSA) is 0 Å². The molecule has 0 aromatic heterocycles. The first kappa shape index (κ1) is 10.6. The van der Waals surface area contributed by atoms with Crippen molar-refractivity contribution in [3.05, 3.63) is 23.8 Å². The number of allylic oxidation sites excluding steroid dienone is 4. The van der Waals surface area contributed by atoms with E-state index in [2.05, 4.69) is 25.2 Å². The van der Waals surface area contributed by atoms with E-state index in [-0.39, 0.29) is 0 Å². The van der Waals surface area contributed by atoms with Crippen LogP contribution >= 0.6 is 0 Å². The van der Waals surface area contributed by atoms with Gasteiger partial charge in [-0.05, 0) is 49.4 Å². The fourth-order valence-electron chi connectivity index (χ4n) is 4.28. The molecule has 0 heterocycles. The first-order valence-electron chi connectivity index (χ1n) is 7.27. The zero-order chi connectivity index (χ0) is 11.0. The summed E-state index contributed by atoms with van der Waals surface area (Å²) >= 11 is 0. The van der Waals surface area contributed by atoms with Gasteiger partial charge in [0.2, 0.25) is 0 Å². The minimum Gasteiger partial charge on any atom is -0.0806 e. The lowest BCUT2D eigenvalue weighted by Gasteiger charge is -2.45. The standard InChI is InChI=1S/C16H24/c1-2-12-7-8-14-10-9-13-5-3-4-6-15(13)16(14)11-12/h7-8,11,13-16H,2-6,9-10H2,1H3. The number of fused-ring (bicyclic) bond motifs is 3. The normalized spacial score (nSPS) is 42.2. The molecule has 0 radical (unpaired) electrons. The first-order chi connectivity index (χ1) is 7.88. The van der Waals surface area contributed by atoms with E-state index in [4.69, 9.17) is 0 Å². The maximum absolute atomic E-state index is 2.63. The predicted octanol–water partition coefficient (Wildman–Crippen LogP) is 4.73. The van der Waals surface area contributed by atoms with E-state index in [0.29, 0.717) is 0 Å². The Morgan fingerprint density at radius 2 is 2.00 bits per heavy atom. The van der Waals surface area contributed by atoms with Crippen molar-refractivity contribution in [3.63, 3.8) is 0 Å². The van der Waals surface area contributed by atoms with Crippen molar-refractivity contribution in [1.82, 2.24) is 0 Å². The maximum Gasteiger partial charge on any atom is -0.0134 e. The summed E-state index contributed by atoms with van der Waals surface area (Å²) in [6, 6.07) is 0. The molecule has 4 atom stereocenters. The van der Waals surface area contributed by atoms with Crippen LogP contribution in [0.3, 0.4) is 0 Å². The summed E-state index contributed by atoms with van der Waals surface area (Å²) in [6.45, 7) is 2.29. The molecule has 2 fully saturated rings. The van der Waals surface area contributed by atoms with Crippen molar-refractivity contribution in [3.8, 4) is 0 Å². The summed E-state index contributed by atoms with van der Waals surface area (Å²) in [7, 11) is 0. The Labute approximate surface area is 99.8 Å². The van der Waals surface area contributed by atoms with Gasteiger partial charge in [-0.2, -0.15) is 0 Å². The highest BCUT2D eigenvalue weighted by Crippen LogP contribution is 2.48. The highest BCUT2D eigenvalue weighted by Gasteiger charge is 2.38. The Hall–Kier alpha value is -0.520. The summed E-state index contributed by atoms with van der Waals surface area (Å²) in [5.41, 5.74) is 1.59. The second kappa shape index (κ2) is 4.39. The van der Waals surface area contributed by atoms with Crippen molar-refractivity contribution in [2.24, 2.45) is 23.7 Å². The van der Waals surface area contributed by atoms with Crippen LogP contribution in [0.1, 0.15) is 51.9 Å². The Balaban J connectivity index is 1.83. The summed E-state index contributed by atoms with van der Waals surface area (Å²) in [5, 5.41) is 0. The molecular formula is C16H24. The molecule has 0 N–H and O–H groups in total. The van der Waals surface area contributed by atoms with Crippen LogP contribution in [0.5, 0.6) is 0 Å². The Morgan fingerprint density at radius 3 is 2.88 bits per heavy atom. The highest BCUT2D eigenvalue weighted by molar-refractivity contribution is 5.26. The van der Waals surface area contributed by atoms with Gasteiger partial charge in [-0.15, -0.1) is 0 Å². The molecule has 3 aliphatic carbocycles. The zero-order valence-corrected chi connectivity index (χ0v) is 10.5. The summed E-state index contributed by atoms with van der Waals surface area (Å²) in [5.74, 6) is 3.88. The molecule has 2 saturated carbocycles. The molecule has 0 aromatic carbocycles. The molecule has 0 aromatic rings. The number of rotatable bonds is 1. The minimum atomic E-state index is 0.884. The van der Waals surface area contributed by atoms with E-state index in [1.165, 1.54) is 44.9 Å². The predicted molar refractivity (Wildman–Crippen MR) is 69.2 cm³/mol. The third-order valence-electron chi connectivity index (χ3n) is 5.20. The Morgan fingerprint density at radius 1 is 1.12 bits per heavy atom. The van der Waals surface area contributed by atoms with Crippen molar-refractivity contribution in [2.45, 2.75) is 51.9 Å². The van der Waals surface area contributed by atoms with Gasteiger partial charge in [-0.25, -0.2) is 0 Å². The molecule has 0 aliphatic heterocycles. The molecule has 0 saturated heterocycles. The van der Waals surface area contributed by atoms with E-state index in [0.717, 1.165) is 23.7 Å². The molecule has 0 nitrogen and oxygen atoms in total. The Bertz CT molecular complexity index is 310. The monoisotopic (exact) mass is 216 g/mol. The SMILES string of the molecule is CCC1=CC2C(C=C1)CCC1CCCCC12. The lowest BCUT2D eigenvalue weighted by Crippen LogP contribution is -2.36. The first-order valence-corrected chi connectivity index (χ1v) is 7.27. The van der Waals surface area contributed by atoms with Gasteiger partial charge >= 0.3 is 0 Å². The molecule has 0 amide bonds. The van der Waals surface area contributed by atoms with Gasteiger partial charge in [0.05, 0.1) is 0 Å². The molecular weight excluding hydrogens is 192 g/mol. The minimum absolute atomic E-state index is 0.884. The van der Waals surface area contributed by atoms with Crippen LogP contribution in [-0.4, -0.2) is 0 Å². The fourth-order valence-corrected chi connectivity index (χ4v) is 4.28. The van der Waals surface area contributed by atoms with Crippen molar-refractivity contribution in [1.29, 1.82) is 0 Å². The van der Waals surface area contributed by atoms with E-state index < -0.39 is 0 Å². The van der Waals surface area contributed by atoms with Crippen LogP contribution in [0.25, 0.3) is 0 Å². The van der Waals surface area contributed by atoms with Gasteiger partial charge < -0.3 is 0 Å². The third-order valence-corrected chi connectivity index (χ3v) is 5.20. The molecule has 0 bridgehead atoms. The smallest absolute Gasteiger partial charge is 0.0134 e. The van der Waals surface area contributed by atoms with Crippen LogP contribution in [0.4, 0.5) is 0 Å². The number of hydrogen-bond acceptors (Lipinski definition) is 0. The molecule has 3 rings (SSSR count). The quantitative estimate of drug-likeness (QED) is 0.594. The van der Waals surface area contributed by atoms with E-state index in [9.17, 15) is 0 Å². The molecule has 0 heteroatoms. The van der Waals surface area contributed by atoms with Crippen molar-refractivity contribution < 1.29 is 0 Å². The van der Waals surface area contributed by atoms with Crippen molar-refractivity contribution >= 4 is 0 Å². The molecule has 4 unspecified atom stereocenters. The van der Waals surface area contributed by atoms with E-state index in [1.54, 1.807) is 5.57 Å². The average molecular weight is 216 g/mol. The van der Waals surface area contributed by atoms with Gasteiger partial charge in [-0.3, -0.25) is 0 Å². The molecule has 0 spiro atoms. The fraction of sp³-hybridized carbons (Fsp3) is 0.750. The van der Waals surface area contributed by atoms with Gasteiger partial charge in [-0.1, -0.05) is 50.0 Å². The van der Waals surface area contributed by atoms with Gasteiger partial charge in [0.25, 0.3) is 0 Å². The van der Waals surface area contributed by atoms with Crippen LogP contribution < -0.4 is 0 Å². The third kappa shape index (κ3) is 1.77. The van der Waals surface area contributed by atoms with Crippen LogP contribution in [0.2, 0.25) is 0 Å². The van der Waals surface area contributed by atoms with Gasteiger partial charge in [0.1, 0.15) is 0 Å². The second-order valence-electron chi connectivity index (χ2n) is 5.98. The summed E-state index contributed by atoms with van der Waals surface area (Å²) in [6.07, 6.45) is 17.7. The van der Waals surface area contributed by atoms with Crippen LogP contribution in [-0.2, 0) is 0 Å². The second-order valence-corrected chi connectivity index (χ2v) is 5.98. The van der Waals surface area contributed by atoms with Gasteiger partial charge in [0, 0.05) is 0 Å². The summed E-state index contributed by atoms with van der Waals surface area (Å²) < 4.78 is 0. The summed E-state index contributed by atoms with van der Waals surface area (Å²) in [4.78, 5) is 0.